The zero-order valence-corrected chi connectivity index (χ0v) is 12.1. The molecule has 0 radical (unpaired) electrons. The van der Waals surface area contributed by atoms with E-state index in [-0.39, 0.29) is 0 Å². The van der Waals surface area contributed by atoms with Crippen LogP contribution in [0.1, 0.15) is 44.6 Å². The molecule has 1 aromatic carbocycles. The molecule has 1 atom stereocenters. The molecule has 0 bridgehead atoms. The molecule has 3 rings (SSSR count). The molecule has 0 amide bonds. The monoisotopic (exact) mass is 258 g/mol. The maximum atomic E-state index is 3.61. The van der Waals surface area contributed by atoms with Crippen molar-refractivity contribution in [3.63, 3.8) is 0 Å². The minimum Gasteiger partial charge on any atom is -0.369 e. The van der Waals surface area contributed by atoms with E-state index in [4.69, 9.17) is 0 Å². The van der Waals surface area contributed by atoms with Gasteiger partial charge in [-0.2, -0.15) is 0 Å². The first-order valence-electron chi connectivity index (χ1n) is 7.92. The summed E-state index contributed by atoms with van der Waals surface area (Å²) in [6.07, 6.45) is 7.96. The van der Waals surface area contributed by atoms with Gasteiger partial charge in [-0.05, 0) is 63.6 Å². The lowest BCUT2D eigenvalue weighted by atomic mass is 9.96. The fraction of sp³-hybridized carbons (Fsp3) is 0.647. The number of rotatable bonds is 6. The van der Waals surface area contributed by atoms with Crippen molar-refractivity contribution in [2.45, 2.75) is 57.5 Å². The second-order valence-corrected chi connectivity index (χ2v) is 6.15. The molecule has 1 aliphatic carbocycles. The highest BCUT2D eigenvalue weighted by Gasteiger charge is 2.22. The molecular weight excluding hydrogens is 232 g/mol. The van der Waals surface area contributed by atoms with Crippen LogP contribution in [0.2, 0.25) is 0 Å². The Balaban J connectivity index is 1.50. The van der Waals surface area contributed by atoms with Crippen LogP contribution in [0.15, 0.2) is 24.3 Å². The van der Waals surface area contributed by atoms with Crippen LogP contribution in [0.4, 0.5) is 5.69 Å². The summed E-state index contributed by atoms with van der Waals surface area (Å²) in [4.78, 5) is 2.62. The third-order valence-electron chi connectivity index (χ3n) is 4.50. The van der Waals surface area contributed by atoms with Gasteiger partial charge in [0.2, 0.25) is 0 Å². The van der Waals surface area contributed by atoms with Crippen molar-refractivity contribution in [3.8, 4) is 0 Å². The Kier molecular flexibility index (Phi) is 4.07. The maximum absolute atomic E-state index is 3.61. The molecule has 0 aromatic heterocycles. The predicted molar refractivity (Wildman–Crippen MR) is 81.8 cm³/mol. The van der Waals surface area contributed by atoms with Gasteiger partial charge in [0.15, 0.2) is 0 Å². The van der Waals surface area contributed by atoms with E-state index in [1.807, 2.05) is 0 Å². The average molecular weight is 258 g/mol. The third-order valence-corrected chi connectivity index (χ3v) is 4.50. The topological polar surface area (TPSA) is 15.3 Å². The number of para-hydroxylation sites is 1. The number of anilines is 1. The minimum absolute atomic E-state index is 0.700. The zero-order chi connectivity index (χ0) is 13.1. The SMILES string of the molecule is CC1CCc2ccccc2N1CCCCNC1CC1. The molecule has 1 unspecified atom stereocenters. The average Bonchev–Trinajstić information content (AvgIpc) is 3.25. The van der Waals surface area contributed by atoms with E-state index in [1.165, 1.54) is 62.9 Å². The van der Waals surface area contributed by atoms with Gasteiger partial charge in [0.25, 0.3) is 0 Å². The fourth-order valence-electron chi connectivity index (χ4n) is 3.10. The number of nitrogens with zero attached hydrogens (tertiary/aromatic N) is 1. The number of nitrogens with one attached hydrogen (secondary N) is 1. The van der Waals surface area contributed by atoms with Crippen LogP contribution in [0.25, 0.3) is 0 Å². The molecule has 1 aromatic rings. The first kappa shape index (κ1) is 13.0. The Hall–Kier alpha value is -1.02. The van der Waals surface area contributed by atoms with Gasteiger partial charge in [0.05, 0.1) is 0 Å². The Labute approximate surface area is 117 Å². The Morgan fingerprint density at radius 3 is 2.84 bits per heavy atom. The highest BCUT2D eigenvalue weighted by Crippen LogP contribution is 2.30. The van der Waals surface area contributed by atoms with Crippen LogP contribution in [-0.4, -0.2) is 25.2 Å². The Morgan fingerprint density at radius 2 is 2.00 bits per heavy atom. The van der Waals surface area contributed by atoms with E-state index < -0.39 is 0 Å². The van der Waals surface area contributed by atoms with E-state index in [1.54, 1.807) is 0 Å². The molecule has 19 heavy (non-hydrogen) atoms. The van der Waals surface area contributed by atoms with Gasteiger partial charge >= 0.3 is 0 Å². The van der Waals surface area contributed by atoms with Crippen molar-refractivity contribution >= 4 is 5.69 Å². The number of fused-ring (bicyclic) bond motifs is 1. The standard InChI is InChI=1S/C17H26N2/c1-14-8-9-15-6-2-3-7-17(15)19(14)13-5-4-12-18-16-10-11-16/h2-3,6-7,14,16,18H,4-5,8-13H2,1H3. The van der Waals surface area contributed by atoms with E-state index in [9.17, 15) is 0 Å². The van der Waals surface area contributed by atoms with Crippen LogP contribution in [-0.2, 0) is 6.42 Å². The number of benzene rings is 1. The minimum atomic E-state index is 0.700. The van der Waals surface area contributed by atoms with Crippen molar-refractivity contribution in [1.29, 1.82) is 0 Å². The maximum Gasteiger partial charge on any atom is 0.0401 e. The molecule has 2 nitrogen and oxygen atoms in total. The van der Waals surface area contributed by atoms with Crippen LogP contribution in [0, 0.1) is 0 Å². The predicted octanol–water partition coefficient (Wildman–Crippen LogP) is 3.36. The molecule has 104 valence electrons. The quantitative estimate of drug-likeness (QED) is 0.787. The molecular formula is C17H26N2. The largest absolute Gasteiger partial charge is 0.369 e. The highest BCUT2D eigenvalue weighted by molar-refractivity contribution is 5.56. The van der Waals surface area contributed by atoms with E-state index in [0.717, 1.165) is 6.04 Å². The van der Waals surface area contributed by atoms with Gasteiger partial charge in [-0.3, -0.25) is 0 Å². The molecule has 2 aliphatic rings. The lowest BCUT2D eigenvalue weighted by Crippen LogP contribution is -2.38. The summed E-state index contributed by atoms with van der Waals surface area (Å²) in [6, 6.07) is 10.5. The number of hydrogen-bond donors (Lipinski definition) is 1. The molecule has 1 aliphatic heterocycles. The molecule has 1 N–H and O–H groups in total. The summed E-state index contributed by atoms with van der Waals surface area (Å²) in [5.41, 5.74) is 3.02. The Morgan fingerprint density at radius 1 is 1.16 bits per heavy atom. The fourth-order valence-corrected chi connectivity index (χ4v) is 3.10. The van der Waals surface area contributed by atoms with Crippen LogP contribution in [0.3, 0.4) is 0 Å². The summed E-state index contributed by atoms with van der Waals surface area (Å²) >= 11 is 0. The molecule has 1 heterocycles. The zero-order valence-electron chi connectivity index (χ0n) is 12.1. The summed E-state index contributed by atoms with van der Waals surface area (Å²) in [5, 5.41) is 3.61. The second-order valence-electron chi connectivity index (χ2n) is 6.15. The first-order chi connectivity index (χ1) is 9.34. The van der Waals surface area contributed by atoms with Gasteiger partial charge in [-0.15, -0.1) is 0 Å². The van der Waals surface area contributed by atoms with E-state index >= 15 is 0 Å². The van der Waals surface area contributed by atoms with Crippen LogP contribution in [0.5, 0.6) is 0 Å². The molecule has 1 saturated carbocycles. The van der Waals surface area contributed by atoms with Gasteiger partial charge in [0.1, 0.15) is 0 Å². The van der Waals surface area contributed by atoms with Crippen molar-refractivity contribution in [1.82, 2.24) is 5.32 Å². The second kappa shape index (κ2) is 5.96. The van der Waals surface area contributed by atoms with Gasteiger partial charge < -0.3 is 10.2 Å². The summed E-state index contributed by atoms with van der Waals surface area (Å²) in [7, 11) is 0. The first-order valence-corrected chi connectivity index (χ1v) is 7.92. The van der Waals surface area contributed by atoms with Crippen LogP contribution >= 0.6 is 0 Å². The number of unbranched alkanes of at least 4 members (excludes halogenated alkanes) is 1. The van der Waals surface area contributed by atoms with Gasteiger partial charge in [-0.25, -0.2) is 0 Å². The Bertz CT molecular complexity index is 411. The van der Waals surface area contributed by atoms with E-state index in [0.29, 0.717) is 6.04 Å². The summed E-state index contributed by atoms with van der Waals surface area (Å²) < 4.78 is 0. The lowest BCUT2D eigenvalue weighted by molar-refractivity contribution is 0.535. The van der Waals surface area contributed by atoms with Crippen molar-refractivity contribution in [2.24, 2.45) is 0 Å². The smallest absolute Gasteiger partial charge is 0.0401 e. The number of hydrogen-bond acceptors (Lipinski definition) is 2. The van der Waals surface area contributed by atoms with Crippen molar-refractivity contribution in [2.75, 3.05) is 18.0 Å². The van der Waals surface area contributed by atoms with Gasteiger partial charge in [0, 0.05) is 24.3 Å². The number of aryl methyl sites for hydroxylation is 1. The van der Waals surface area contributed by atoms with Crippen molar-refractivity contribution in [3.05, 3.63) is 29.8 Å². The van der Waals surface area contributed by atoms with Crippen LogP contribution < -0.4 is 10.2 Å². The highest BCUT2D eigenvalue weighted by atomic mass is 15.2. The summed E-state index contributed by atoms with van der Waals surface area (Å²) in [6.45, 7) is 4.79. The third kappa shape index (κ3) is 3.30. The van der Waals surface area contributed by atoms with Gasteiger partial charge in [-0.1, -0.05) is 18.2 Å². The van der Waals surface area contributed by atoms with Crippen molar-refractivity contribution < 1.29 is 0 Å². The summed E-state index contributed by atoms with van der Waals surface area (Å²) in [5.74, 6) is 0. The molecule has 0 saturated heterocycles. The molecule has 2 heteroatoms. The molecule has 1 fully saturated rings. The normalized spacial score (nSPS) is 22.4. The lowest BCUT2D eigenvalue weighted by Gasteiger charge is -2.37. The van der Waals surface area contributed by atoms with E-state index in [2.05, 4.69) is 41.4 Å². The molecule has 0 spiro atoms.